The van der Waals surface area contributed by atoms with Crippen molar-refractivity contribution in [2.45, 2.75) is 39.5 Å². The van der Waals surface area contributed by atoms with E-state index in [1.165, 1.54) is 19.2 Å². The highest BCUT2D eigenvalue weighted by Crippen LogP contribution is 2.29. The van der Waals surface area contributed by atoms with Crippen LogP contribution >= 0.6 is 0 Å². The van der Waals surface area contributed by atoms with E-state index in [0.717, 1.165) is 49.6 Å². The number of rotatable bonds is 4. The van der Waals surface area contributed by atoms with Crippen LogP contribution in [0.15, 0.2) is 6.33 Å². The summed E-state index contributed by atoms with van der Waals surface area (Å²) in [6, 6.07) is 0. The SMILES string of the molecule is Cc1nc2ncnn2c(N2CCC[C@H](C(=O)NCC3CC3)C2)c1C. The van der Waals surface area contributed by atoms with E-state index < -0.39 is 0 Å². The summed E-state index contributed by atoms with van der Waals surface area (Å²) in [4.78, 5) is 23.5. The van der Waals surface area contributed by atoms with Crippen molar-refractivity contribution in [3.05, 3.63) is 17.6 Å². The van der Waals surface area contributed by atoms with Crippen molar-refractivity contribution in [3.63, 3.8) is 0 Å². The normalized spacial score (nSPS) is 21.2. The molecule has 1 atom stereocenters. The Morgan fingerprint density at radius 2 is 2.17 bits per heavy atom. The summed E-state index contributed by atoms with van der Waals surface area (Å²) in [6.07, 6.45) is 6.03. The predicted octanol–water partition coefficient (Wildman–Crippen LogP) is 1.48. The fraction of sp³-hybridized carbons (Fsp3) is 0.647. The molecule has 1 saturated carbocycles. The fourth-order valence-corrected chi connectivity index (χ4v) is 3.48. The molecule has 2 aliphatic rings. The molecular formula is C17H24N6O. The molecule has 1 amide bonds. The molecule has 0 bridgehead atoms. The van der Waals surface area contributed by atoms with Gasteiger partial charge >= 0.3 is 0 Å². The molecule has 1 aliphatic carbocycles. The zero-order chi connectivity index (χ0) is 16.7. The van der Waals surface area contributed by atoms with E-state index in [9.17, 15) is 4.79 Å². The van der Waals surface area contributed by atoms with Gasteiger partial charge in [-0.05, 0) is 45.4 Å². The molecule has 1 aliphatic heterocycles. The van der Waals surface area contributed by atoms with Crippen LogP contribution in [0.4, 0.5) is 5.82 Å². The molecule has 1 saturated heterocycles. The molecule has 2 fully saturated rings. The molecule has 2 aromatic heterocycles. The number of anilines is 1. The van der Waals surface area contributed by atoms with Crippen molar-refractivity contribution in [2.75, 3.05) is 24.5 Å². The smallest absolute Gasteiger partial charge is 0.254 e. The number of piperidine rings is 1. The molecular weight excluding hydrogens is 304 g/mol. The molecule has 7 heteroatoms. The average Bonchev–Trinajstić information content (AvgIpc) is 3.31. The Morgan fingerprint density at radius 3 is 2.96 bits per heavy atom. The molecule has 24 heavy (non-hydrogen) atoms. The molecule has 0 aromatic carbocycles. The number of carbonyl (C=O) groups is 1. The molecule has 4 rings (SSSR count). The molecule has 0 unspecified atom stereocenters. The second-order valence-electron chi connectivity index (χ2n) is 7.09. The highest BCUT2D eigenvalue weighted by Gasteiger charge is 2.30. The first-order valence-electron chi connectivity index (χ1n) is 8.83. The number of aryl methyl sites for hydroxylation is 1. The zero-order valence-electron chi connectivity index (χ0n) is 14.3. The number of hydrogen-bond acceptors (Lipinski definition) is 5. The maximum absolute atomic E-state index is 12.5. The highest BCUT2D eigenvalue weighted by molar-refractivity contribution is 5.79. The molecule has 128 valence electrons. The topological polar surface area (TPSA) is 75.4 Å². The van der Waals surface area contributed by atoms with Crippen LogP contribution in [0.5, 0.6) is 0 Å². The third kappa shape index (κ3) is 2.83. The number of nitrogens with zero attached hydrogens (tertiary/aromatic N) is 5. The Morgan fingerprint density at radius 1 is 1.33 bits per heavy atom. The van der Waals surface area contributed by atoms with Crippen LogP contribution in [0.3, 0.4) is 0 Å². The Hall–Kier alpha value is -2.18. The van der Waals surface area contributed by atoms with Crippen LogP contribution in [0.1, 0.15) is 36.9 Å². The van der Waals surface area contributed by atoms with Gasteiger partial charge in [-0.3, -0.25) is 4.79 Å². The first-order chi connectivity index (χ1) is 11.6. The quantitative estimate of drug-likeness (QED) is 0.920. The van der Waals surface area contributed by atoms with Crippen molar-refractivity contribution in [1.82, 2.24) is 24.9 Å². The molecule has 0 spiro atoms. The predicted molar refractivity (Wildman–Crippen MR) is 90.9 cm³/mol. The maximum atomic E-state index is 12.5. The maximum Gasteiger partial charge on any atom is 0.254 e. The number of amides is 1. The molecule has 0 radical (unpaired) electrons. The summed E-state index contributed by atoms with van der Waals surface area (Å²) in [6.45, 7) is 6.57. The Labute approximate surface area is 141 Å². The number of carbonyl (C=O) groups excluding carboxylic acids is 1. The van der Waals surface area contributed by atoms with Gasteiger partial charge < -0.3 is 10.2 Å². The summed E-state index contributed by atoms with van der Waals surface area (Å²) in [5, 5.41) is 7.47. The minimum atomic E-state index is 0.0453. The van der Waals surface area contributed by atoms with Crippen LogP contribution in [-0.2, 0) is 4.79 Å². The van der Waals surface area contributed by atoms with Crippen molar-refractivity contribution in [1.29, 1.82) is 0 Å². The van der Waals surface area contributed by atoms with Crippen molar-refractivity contribution in [3.8, 4) is 0 Å². The summed E-state index contributed by atoms with van der Waals surface area (Å²) in [7, 11) is 0. The van der Waals surface area contributed by atoms with Gasteiger partial charge in [-0.2, -0.15) is 14.6 Å². The van der Waals surface area contributed by atoms with E-state index in [2.05, 4.69) is 32.2 Å². The third-order valence-electron chi connectivity index (χ3n) is 5.23. The summed E-state index contributed by atoms with van der Waals surface area (Å²) >= 11 is 0. The van der Waals surface area contributed by atoms with Gasteiger partial charge in [0.15, 0.2) is 0 Å². The number of nitrogens with one attached hydrogen (secondary N) is 1. The third-order valence-corrected chi connectivity index (χ3v) is 5.23. The second-order valence-corrected chi connectivity index (χ2v) is 7.09. The van der Waals surface area contributed by atoms with E-state index in [0.29, 0.717) is 11.7 Å². The summed E-state index contributed by atoms with van der Waals surface area (Å²) in [5.41, 5.74) is 2.07. The number of hydrogen-bond donors (Lipinski definition) is 1. The van der Waals surface area contributed by atoms with Gasteiger partial charge in [0.05, 0.1) is 5.92 Å². The highest BCUT2D eigenvalue weighted by atomic mass is 16.1. The summed E-state index contributed by atoms with van der Waals surface area (Å²) < 4.78 is 1.80. The van der Waals surface area contributed by atoms with Crippen LogP contribution in [-0.4, -0.2) is 45.1 Å². The van der Waals surface area contributed by atoms with Gasteiger partial charge in [0.25, 0.3) is 5.78 Å². The summed E-state index contributed by atoms with van der Waals surface area (Å²) in [5.74, 6) is 2.60. The van der Waals surface area contributed by atoms with E-state index in [1.807, 2.05) is 6.92 Å². The lowest BCUT2D eigenvalue weighted by Crippen LogP contribution is -2.44. The van der Waals surface area contributed by atoms with Crippen LogP contribution in [0.25, 0.3) is 5.78 Å². The lowest BCUT2D eigenvalue weighted by atomic mass is 9.96. The van der Waals surface area contributed by atoms with Crippen molar-refractivity contribution in [2.24, 2.45) is 11.8 Å². The van der Waals surface area contributed by atoms with Crippen molar-refractivity contribution < 1.29 is 4.79 Å². The van der Waals surface area contributed by atoms with Gasteiger partial charge in [0, 0.05) is 30.9 Å². The molecule has 3 heterocycles. The van der Waals surface area contributed by atoms with E-state index in [-0.39, 0.29) is 11.8 Å². The Kier molecular flexibility index (Phi) is 3.86. The number of fused-ring (bicyclic) bond motifs is 1. The Bertz CT molecular complexity index is 766. The lowest BCUT2D eigenvalue weighted by Gasteiger charge is -2.34. The first-order valence-corrected chi connectivity index (χ1v) is 8.83. The monoisotopic (exact) mass is 328 g/mol. The van der Waals surface area contributed by atoms with Crippen LogP contribution in [0.2, 0.25) is 0 Å². The standard InChI is InChI=1S/C17H24N6O/c1-11-12(2)21-17-19-10-20-23(17)16(11)22-7-3-4-14(9-22)15(24)18-8-13-5-6-13/h10,13-14H,3-9H2,1-2H3,(H,18,24)/t14-/m0/s1. The van der Waals surface area contributed by atoms with E-state index in [1.54, 1.807) is 4.52 Å². The van der Waals surface area contributed by atoms with E-state index >= 15 is 0 Å². The van der Waals surface area contributed by atoms with Gasteiger partial charge in [0.2, 0.25) is 5.91 Å². The van der Waals surface area contributed by atoms with E-state index in [4.69, 9.17) is 0 Å². The Balaban J connectivity index is 1.56. The van der Waals surface area contributed by atoms with Gasteiger partial charge in [-0.25, -0.2) is 4.98 Å². The average molecular weight is 328 g/mol. The lowest BCUT2D eigenvalue weighted by molar-refractivity contribution is -0.125. The van der Waals surface area contributed by atoms with Gasteiger partial charge in [-0.1, -0.05) is 0 Å². The van der Waals surface area contributed by atoms with Gasteiger partial charge in [-0.15, -0.1) is 0 Å². The minimum Gasteiger partial charge on any atom is -0.356 e. The largest absolute Gasteiger partial charge is 0.356 e. The van der Waals surface area contributed by atoms with Gasteiger partial charge in [0.1, 0.15) is 12.1 Å². The fourth-order valence-electron chi connectivity index (χ4n) is 3.48. The minimum absolute atomic E-state index is 0.0453. The number of aromatic nitrogens is 4. The zero-order valence-corrected chi connectivity index (χ0v) is 14.3. The van der Waals surface area contributed by atoms with Crippen molar-refractivity contribution >= 4 is 17.5 Å². The molecule has 7 nitrogen and oxygen atoms in total. The molecule has 2 aromatic rings. The second kappa shape index (κ2) is 6.03. The first kappa shape index (κ1) is 15.4. The molecule has 1 N–H and O–H groups in total. The van der Waals surface area contributed by atoms with Crippen LogP contribution < -0.4 is 10.2 Å². The van der Waals surface area contributed by atoms with Crippen LogP contribution in [0, 0.1) is 25.7 Å².